The van der Waals surface area contributed by atoms with Crippen LogP contribution in [-0.2, 0) is 0 Å². The van der Waals surface area contributed by atoms with Crippen LogP contribution >= 0.6 is 0 Å². The molecule has 1 aromatic rings. The van der Waals surface area contributed by atoms with Crippen LogP contribution in [0.3, 0.4) is 0 Å². The van der Waals surface area contributed by atoms with Crippen molar-refractivity contribution in [3.63, 3.8) is 0 Å². The van der Waals surface area contributed by atoms with Crippen LogP contribution in [0.5, 0.6) is 0 Å². The summed E-state index contributed by atoms with van der Waals surface area (Å²) >= 11 is 0. The minimum atomic E-state index is -0.447. The molecule has 0 amide bonds. The minimum Gasteiger partial charge on any atom is -0.857 e. The highest BCUT2D eigenvalue weighted by atomic mass is 16.6. The lowest BCUT2D eigenvalue weighted by atomic mass is 10.0. The Morgan fingerprint density at radius 3 is 2.44 bits per heavy atom. The van der Waals surface area contributed by atoms with Gasteiger partial charge in [0.25, 0.3) is 5.69 Å². The van der Waals surface area contributed by atoms with Crippen molar-refractivity contribution >= 4 is 17.8 Å². The van der Waals surface area contributed by atoms with Crippen molar-refractivity contribution in [3.05, 3.63) is 39.9 Å². The molecule has 1 heterocycles. The van der Waals surface area contributed by atoms with Crippen LogP contribution in [0.4, 0.5) is 5.69 Å². The fraction of sp³-hybridized carbons (Fsp3) is 0.333. The number of hydrogen-bond donors (Lipinski definition) is 0. The molecule has 0 radical (unpaired) electrons. The molecule has 0 spiro atoms. The maximum absolute atomic E-state index is 11.3. The first-order valence-corrected chi connectivity index (χ1v) is 5.52. The van der Waals surface area contributed by atoms with Crippen LogP contribution < -0.4 is 5.11 Å². The monoisotopic (exact) mass is 247 g/mol. The van der Waals surface area contributed by atoms with E-state index in [-0.39, 0.29) is 17.1 Å². The average molecular weight is 247 g/mol. The molecular formula is C12H13N3O3. The van der Waals surface area contributed by atoms with Gasteiger partial charge in [-0.05, 0) is 17.2 Å². The summed E-state index contributed by atoms with van der Waals surface area (Å²) in [5.41, 5.74) is 0.465. The van der Waals surface area contributed by atoms with Crippen molar-refractivity contribution in [2.75, 3.05) is 0 Å². The fourth-order valence-electron chi connectivity index (χ4n) is 1.77. The Labute approximate surface area is 104 Å². The summed E-state index contributed by atoms with van der Waals surface area (Å²) < 4.78 is 1.61. The molecule has 6 heteroatoms. The van der Waals surface area contributed by atoms with Crippen LogP contribution in [0.1, 0.15) is 25.8 Å². The van der Waals surface area contributed by atoms with Crippen LogP contribution in [0, 0.1) is 10.1 Å². The number of non-ortho nitro benzene ring substituents is 1. The highest BCUT2D eigenvalue weighted by Gasteiger charge is 2.36. The maximum Gasteiger partial charge on any atom is 0.269 e. The molecule has 18 heavy (non-hydrogen) atoms. The summed E-state index contributed by atoms with van der Waals surface area (Å²) in [6.07, 6.45) is 2.09. The van der Waals surface area contributed by atoms with Gasteiger partial charge in [0.2, 0.25) is 6.21 Å². The maximum atomic E-state index is 11.3. The van der Waals surface area contributed by atoms with Gasteiger partial charge in [0.05, 0.1) is 4.92 Å². The first kappa shape index (κ1) is 12.2. The van der Waals surface area contributed by atoms with E-state index in [1.807, 2.05) is 13.8 Å². The quantitative estimate of drug-likeness (QED) is 0.442. The molecule has 0 bridgehead atoms. The Morgan fingerprint density at radius 2 is 2.00 bits per heavy atom. The van der Waals surface area contributed by atoms with E-state index >= 15 is 0 Å². The van der Waals surface area contributed by atoms with Gasteiger partial charge in [0.15, 0.2) is 5.54 Å². The average Bonchev–Trinajstić information content (AvgIpc) is 2.52. The van der Waals surface area contributed by atoms with Gasteiger partial charge >= 0.3 is 0 Å². The summed E-state index contributed by atoms with van der Waals surface area (Å²) in [6.45, 7) is 3.84. The Morgan fingerprint density at radius 1 is 1.39 bits per heavy atom. The number of rotatable bonds is 2. The SMILES string of the molecule is CC1(C)CC([O-])=N/[N+]1=C\c1ccc([N+](=O)[O-])cc1. The summed E-state index contributed by atoms with van der Waals surface area (Å²) in [5, 5.41) is 25.7. The fourth-order valence-corrected chi connectivity index (χ4v) is 1.77. The van der Waals surface area contributed by atoms with Crippen molar-refractivity contribution in [2.45, 2.75) is 25.8 Å². The zero-order valence-corrected chi connectivity index (χ0v) is 10.2. The Kier molecular flexibility index (Phi) is 2.86. The van der Waals surface area contributed by atoms with Crippen molar-refractivity contribution in [2.24, 2.45) is 5.10 Å². The predicted molar refractivity (Wildman–Crippen MR) is 64.7 cm³/mol. The van der Waals surface area contributed by atoms with Crippen LogP contribution in [0.25, 0.3) is 0 Å². The van der Waals surface area contributed by atoms with Gasteiger partial charge < -0.3 is 5.11 Å². The lowest BCUT2D eigenvalue weighted by Crippen LogP contribution is -2.31. The van der Waals surface area contributed by atoms with E-state index in [1.54, 1.807) is 23.0 Å². The molecule has 0 atom stereocenters. The zero-order chi connectivity index (χ0) is 13.3. The van der Waals surface area contributed by atoms with E-state index in [4.69, 9.17) is 0 Å². The lowest BCUT2D eigenvalue weighted by molar-refractivity contribution is -0.591. The Balaban J connectivity index is 2.31. The highest BCUT2D eigenvalue weighted by Crippen LogP contribution is 2.20. The third kappa shape index (κ3) is 2.37. The molecule has 1 aliphatic heterocycles. The van der Waals surface area contributed by atoms with Gasteiger partial charge in [-0.3, -0.25) is 10.1 Å². The molecule has 1 aromatic carbocycles. The zero-order valence-electron chi connectivity index (χ0n) is 10.2. The topological polar surface area (TPSA) is 81.6 Å². The number of hydrazone groups is 1. The molecule has 2 rings (SSSR count). The van der Waals surface area contributed by atoms with Crippen molar-refractivity contribution < 1.29 is 14.7 Å². The van der Waals surface area contributed by atoms with E-state index < -0.39 is 4.92 Å². The van der Waals surface area contributed by atoms with Gasteiger partial charge in [0, 0.05) is 43.9 Å². The van der Waals surface area contributed by atoms with E-state index in [2.05, 4.69) is 5.10 Å². The second-order valence-electron chi connectivity index (χ2n) is 4.81. The van der Waals surface area contributed by atoms with E-state index in [1.165, 1.54) is 12.1 Å². The Bertz CT molecular complexity index is 544. The predicted octanol–water partition coefficient (Wildman–Crippen LogP) is 0.882. The second kappa shape index (κ2) is 4.21. The molecule has 0 saturated carbocycles. The van der Waals surface area contributed by atoms with Gasteiger partial charge in [-0.15, -0.1) is 0 Å². The lowest BCUT2D eigenvalue weighted by Gasteiger charge is -2.10. The molecule has 0 unspecified atom stereocenters. The number of nitrogens with zero attached hydrogens (tertiary/aromatic N) is 3. The molecule has 0 saturated heterocycles. The van der Waals surface area contributed by atoms with Crippen LogP contribution in [0.2, 0.25) is 0 Å². The molecule has 0 aliphatic carbocycles. The smallest absolute Gasteiger partial charge is 0.269 e. The van der Waals surface area contributed by atoms with E-state index in [0.717, 1.165) is 5.56 Å². The van der Waals surface area contributed by atoms with Gasteiger partial charge in [0.1, 0.15) is 0 Å². The van der Waals surface area contributed by atoms with Crippen LogP contribution in [0.15, 0.2) is 29.4 Å². The molecule has 0 fully saturated rings. The van der Waals surface area contributed by atoms with Gasteiger partial charge in [-0.25, -0.2) is 0 Å². The number of nitro groups is 1. The van der Waals surface area contributed by atoms with Gasteiger partial charge in [-0.1, -0.05) is 4.68 Å². The number of nitro benzene ring substituents is 1. The van der Waals surface area contributed by atoms with Crippen molar-refractivity contribution in [3.8, 4) is 0 Å². The summed E-state index contributed by atoms with van der Waals surface area (Å²) in [6, 6.07) is 6.12. The van der Waals surface area contributed by atoms with Crippen molar-refractivity contribution in [1.82, 2.24) is 0 Å². The molecule has 94 valence electrons. The standard InChI is InChI=1S/C12H13N3O3/c1-12(2)7-11(16)13-14(12)8-9-3-5-10(6-4-9)15(17)18/h3-6,8H,7H2,1-2H3/b14-8-. The molecule has 0 N–H and O–H groups in total. The largest absolute Gasteiger partial charge is 0.857 e. The third-order valence-corrected chi connectivity index (χ3v) is 2.80. The second-order valence-corrected chi connectivity index (χ2v) is 4.81. The molecule has 6 nitrogen and oxygen atoms in total. The molecule has 1 aliphatic rings. The normalized spacial score (nSPS) is 19.9. The number of hydrogen-bond acceptors (Lipinski definition) is 4. The highest BCUT2D eigenvalue weighted by molar-refractivity contribution is 5.78. The first-order chi connectivity index (χ1) is 8.38. The summed E-state index contributed by atoms with van der Waals surface area (Å²) in [5.74, 6) is -0.154. The summed E-state index contributed by atoms with van der Waals surface area (Å²) in [7, 11) is 0. The van der Waals surface area contributed by atoms with Gasteiger partial charge in [-0.2, -0.15) is 0 Å². The van der Waals surface area contributed by atoms with Crippen LogP contribution in [-0.4, -0.2) is 27.3 Å². The number of benzene rings is 1. The van der Waals surface area contributed by atoms with E-state index in [0.29, 0.717) is 6.42 Å². The Hall–Kier alpha value is -2.24. The van der Waals surface area contributed by atoms with Crippen molar-refractivity contribution in [1.29, 1.82) is 0 Å². The third-order valence-electron chi connectivity index (χ3n) is 2.80. The molecule has 0 aromatic heterocycles. The minimum absolute atomic E-state index is 0.0425. The first-order valence-electron chi connectivity index (χ1n) is 5.52. The van der Waals surface area contributed by atoms with E-state index in [9.17, 15) is 15.2 Å². The molecular weight excluding hydrogens is 234 g/mol. The summed E-state index contributed by atoms with van der Waals surface area (Å²) in [4.78, 5) is 10.1.